The van der Waals surface area contributed by atoms with E-state index in [0.717, 1.165) is 22.5 Å². The molecule has 0 amide bonds. The van der Waals surface area contributed by atoms with Gasteiger partial charge in [-0.3, -0.25) is 0 Å². The lowest BCUT2D eigenvalue weighted by atomic mass is 10.2. The highest BCUT2D eigenvalue weighted by molar-refractivity contribution is 7.91. The summed E-state index contributed by atoms with van der Waals surface area (Å²) in [7, 11) is -3.52. The van der Waals surface area contributed by atoms with E-state index >= 15 is 0 Å². The second kappa shape index (κ2) is 5.64. The lowest BCUT2D eigenvalue weighted by molar-refractivity contribution is 0.174. The first-order valence-corrected chi connectivity index (χ1v) is 8.60. The van der Waals surface area contributed by atoms with Crippen molar-refractivity contribution in [1.82, 2.24) is 4.72 Å². The third kappa shape index (κ3) is 3.03. The van der Waals surface area contributed by atoms with Crippen LogP contribution in [-0.4, -0.2) is 15.2 Å². The van der Waals surface area contributed by atoms with E-state index in [1.165, 1.54) is 0 Å². The van der Waals surface area contributed by atoms with Crippen molar-refractivity contribution in [2.75, 3.05) is 6.79 Å². The fraction of sp³-hybridized carbons (Fsp3) is 0.231. The summed E-state index contributed by atoms with van der Waals surface area (Å²) in [5.41, 5.74) is 7.10. The fourth-order valence-electron chi connectivity index (χ4n) is 1.90. The Morgan fingerprint density at radius 2 is 2.00 bits per heavy atom. The van der Waals surface area contributed by atoms with Gasteiger partial charge in [0.05, 0.1) is 0 Å². The van der Waals surface area contributed by atoms with Crippen molar-refractivity contribution >= 4 is 21.4 Å². The van der Waals surface area contributed by atoms with Crippen molar-refractivity contribution in [2.45, 2.75) is 17.3 Å². The summed E-state index contributed by atoms with van der Waals surface area (Å²) in [6.07, 6.45) is 0. The third-order valence-electron chi connectivity index (χ3n) is 3.03. The van der Waals surface area contributed by atoms with Crippen molar-refractivity contribution in [2.24, 2.45) is 5.73 Å². The Morgan fingerprint density at radius 3 is 2.76 bits per heavy atom. The number of rotatable bonds is 5. The first-order valence-electron chi connectivity index (χ1n) is 6.24. The number of nitrogens with two attached hydrogens (primary N) is 1. The average Bonchev–Trinajstić information content (AvgIpc) is 3.13. The van der Waals surface area contributed by atoms with Gasteiger partial charge < -0.3 is 15.2 Å². The molecule has 0 bridgehead atoms. The van der Waals surface area contributed by atoms with Crippen molar-refractivity contribution in [3.63, 3.8) is 0 Å². The Balaban J connectivity index is 1.71. The van der Waals surface area contributed by atoms with Gasteiger partial charge in [-0.15, -0.1) is 11.3 Å². The molecule has 2 aromatic rings. The maximum absolute atomic E-state index is 12.2. The third-order valence-corrected chi connectivity index (χ3v) is 5.92. The summed E-state index contributed by atoms with van der Waals surface area (Å²) < 4.78 is 37.6. The molecule has 112 valence electrons. The van der Waals surface area contributed by atoms with Gasteiger partial charge in [0.15, 0.2) is 11.5 Å². The molecule has 0 fully saturated rings. The van der Waals surface area contributed by atoms with Crippen LogP contribution >= 0.6 is 11.3 Å². The summed E-state index contributed by atoms with van der Waals surface area (Å²) in [5.74, 6) is 1.31. The number of fused-ring (bicyclic) bond motifs is 1. The van der Waals surface area contributed by atoms with Gasteiger partial charge in [-0.25, -0.2) is 13.1 Å². The SMILES string of the molecule is NCc1csc(S(=O)(=O)NCc2ccc3c(c2)OCO3)c1. The maximum atomic E-state index is 12.2. The Bertz CT molecular complexity index is 755. The number of hydrogen-bond donors (Lipinski definition) is 2. The molecule has 8 heteroatoms. The molecule has 0 saturated heterocycles. The largest absolute Gasteiger partial charge is 0.454 e. The Hall–Kier alpha value is -1.61. The van der Waals surface area contributed by atoms with Crippen molar-refractivity contribution in [3.8, 4) is 11.5 Å². The lowest BCUT2D eigenvalue weighted by Gasteiger charge is -2.05. The van der Waals surface area contributed by atoms with Gasteiger partial charge in [0.2, 0.25) is 16.8 Å². The summed E-state index contributed by atoms with van der Waals surface area (Å²) in [5, 5.41) is 1.75. The van der Waals surface area contributed by atoms with E-state index in [4.69, 9.17) is 15.2 Å². The quantitative estimate of drug-likeness (QED) is 0.867. The van der Waals surface area contributed by atoms with Crippen molar-refractivity contribution < 1.29 is 17.9 Å². The summed E-state index contributed by atoms with van der Waals surface area (Å²) >= 11 is 1.16. The zero-order valence-corrected chi connectivity index (χ0v) is 12.7. The molecule has 0 spiro atoms. The second-order valence-electron chi connectivity index (χ2n) is 4.49. The molecule has 6 nitrogen and oxygen atoms in total. The van der Waals surface area contributed by atoms with Gasteiger partial charge in [0, 0.05) is 13.1 Å². The molecular weight excluding hydrogens is 312 g/mol. The summed E-state index contributed by atoms with van der Waals surface area (Å²) in [6, 6.07) is 6.93. The van der Waals surface area contributed by atoms with Gasteiger partial charge in [-0.2, -0.15) is 0 Å². The van der Waals surface area contributed by atoms with Crippen LogP contribution in [0.3, 0.4) is 0 Å². The zero-order valence-electron chi connectivity index (χ0n) is 11.0. The van der Waals surface area contributed by atoms with Crippen LogP contribution in [0.15, 0.2) is 33.9 Å². The Kier molecular flexibility index (Phi) is 3.85. The minimum atomic E-state index is -3.52. The van der Waals surface area contributed by atoms with E-state index in [2.05, 4.69) is 4.72 Å². The molecular formula is C13H14N2O4S2. The second-order valence-corrected chi connectivity index (χ2v) is 7.40. The van der Waals surface area contributed by atoms with Crippen LogP contribution in [0.5, 0.6) is 11.5 Å². The van der Waals surface area contributed by atoms with Crippen LogP contribution in [0.25, 0.3) is 0 Å². The van der Waals surface area contributed by atoms with E-state index in [1.54, 1.807) is 29.6 Å². The number of sulfonamides is 1. The van der Waals surface area contributed by atoms with Crippen molar-refractivity contribution in [1.29, 1.82) is 0 Å². The Morgan fingerprint density at radius 1 is 1.19 bits per heavy atom. The van der Waals surface area contributed by atoms with E-state index in [0.29, 0.717) is 18.0 Å². The molecule has 0 atom stereocenters. The molecule has 1 aliphatic rings. The van der Waals surface area contributed by atoms with E-state index in [1.807, 2.05) is 0 Å². The van der Waals surface area contributed by atoms with Crippen LogP contribution in [0.2, 0.25) is 0 Å². The van der Waals surface area contributed by atoms with Crippen LogP contribution < -0.4 is 19.9 Å². The number of ether oxygens (including phenoxy) is 2. The van der Waals surface area contributed by atoms with Crippen LogP contribution in [0.4, 0.5) is 0 Å². The highest BCUT2D eigenvalue weighted by Crippen LogP contribution is 2.32. The van der Waals surface area contributed by atoms with Gasteiger partial charge in [0.1, 0.15) is 4.21 Å². The summed E-state index contributed by atoms with van der Waals surface area (Å²) in [6.45, 7) is 0.713. The molecule has 0 unspecified atom stereocenters. The van der Waals surface area contributed by atoms with Gasteiger partial charge in [-0.1, -0.05) is 6.07 Å². The Labute approximate surface area is 126 Å². The van der Waals surface area contributed by atoms with E-state index in [-0.39, 0.29) is 17.5 Å². The highest BCUT2D eigenvalue weighted by Gasteiger charge is 2.18. The van der Waals surface area contributed by atoms with Gasteiger partial charge >= 0.3 is 0 Å². The van der Waals surface area contributed by atoms with Crippen LogP contribution in [-0.2, 0) is 23.1 Å². The molecule has 3 N–H and O–H groups in total. The lowest BCUT2D eigenvalue weighted by Crippen LogP contribution is -2.22. The molecule has 21 heavy (non-hydrogen) atoms. The van der Waals surface area contributed by atoms with Gasteiger partial charge in [-0.05, 0) is 34.7 Å². The predicted molar refractivity (Wildman–Crippen MR) is 78.8 cm³/mol. The average molecular weight is 326 g/mol. The first kappa shape index (κ1) is 14.3. The minimum absolute atomic E-state index is 0.189. The first-order chi connectivity index (χ1) is 10.1. The van der Waals surface area contributed by atoms with E-state index < -0.39 is 10.0 Å². The highest BCUT2D eigenvalue weighted by atomic mass is 32.2. The van der Waals surface area contributed by atoms with Gasteiger partial charge in [0.25, 0.3) is 0 Å². The van der Waals surface area contributed by atoms with Crippen LogP contribution in [0, 0.1) is 0 Å². The molecule has 0 aliphatic carbocycles. The number of thiophene rings is 1. The normalized spacial score (nSPS) is 13.6. The monoisotopic (exact) mass is 326 g/mol. The molecule has 1 aliphatic heterocycles. The smallest absolute Gasteiger partial charge is 0.250 e. The van der Waals surface area contributed by atoms with Crippen LogP contribution in [0.1, 0.15) is 11.1 Å². The topological polar surface area (TPSA) is 90.7 Å². The molecule has 0 radical (unpaired) electrons. The molecule has 1 aromatic heterocycles. The number of hydrogen-bond acceptors (Lipinski definition) is 6. The minimum Gasteiger partial charge on any atom is -0.454 e. The van der Waals surface area contributed by atoms with Crippen molar-refractivity contribution in [3.05, 3.63) is 40.8 Å². The molecule has 2 heterocycles. The number of nitrogens with one attached hydrogen (secondary N) is 1. The maximum Gasteiger partial charge on any atom is 0.250 e. The molecule has 3 rings (SSSR count). The summed E-state index contributed by atoms with van der Waals surface area (Å²) in [4.78, 5) is 0. The van der Waals surface area contributed by atoms with E-state index in [9.17, 15) is 8.42 Å². The number of benzene rings is 1. The molecule has 1 aromatic carbocycles. The molecule has 0 saturated carbocycles. The zero-order chi connectivity index (χ0) is 14.9. The standard InChI is InChI=1S/C13H14N2O4S2/c14-5-10-4-13(20-7-10)21(16,17)15-6-9-1-2-11-12(3-9)19-8-18-11/h1-4,7,15H,5-6,8,14H2. The fourth-order valence-corrected chi connectivity index (χ4v) is 4.19. The predicted octanol–water partition coefficient (Wildman–Crippen LogP) is 1.41.